The van der Waals surface area contributed by atoms with Crippen LogP contribution in [-0.4, -0.2) is 39.3 Å². The van der Waals surface area contributed by atoms with Gasteiger partial charge in [-0.25, -0.2) is 0 Å². The van der Waals surface area contributed by atoms with Crippen molar-refractivity contribution in [2.45, 2.75) is 25.5 Å². The molecule has 0 saturated carbocycles. The van der Waals surface area contributed by atoms with Crippen molar-refractivity contribution in [3.8, 4) is 0 Å². The number of aliphatic hydroxyl groups is 1. The first kappa shape index (κ1) is 15.2. The summed E-state index contributed by atoms with van der Waals surface area (Å²) in [4.78, 5) is 26.1. The third-order valence-corrected chi connectivity index (χ3v) is 3.71. The SMILES string of the molecule is Cc1nnc(CNC(=O)[C@@]2(O)CCN(c3ccccc3)C2=O)o1. The molecule has 1 aromatic heterocycles. The normalized spacial score (nSPS) is 20.8. The van der Waals surface area contributed by atoms with E-state index in [4.69, 9.17) is 4.42 Å². The summed E-state index contributed by atoms with van der Waals surface area (Å²) in [6.07, 6.45) is 0.0232. The van der Waals surface area contributed by atoms with E-state index < -0.39 is 17.4 Å². The van der Waals surface area contributed by atoms with E-state index in [1.165, 1.54) is 4.90 Å². The molecule has 1 atom stereocenters. The van der Waals surface area contributed by atoms with Crippen molar-refractivity contribution in [3.05, 3.63) is 42.1 Å². The van der Waals surface area contributed by atoms with Gasteiger partial charge in [0.1, 0.15) is 0 Å². The standard InChI is InChI=1S/C15H16N4O4/c1-10-17-18-12(23-10)9-16-13(20)15(22)7-8-19(14(15)21)11-5-3-2-4-6-11/h2-6,22H,7-9H2,1H3,(H,16,20)/t15-/m0/s1. The molecular formula is C15H16N4O4. The lowest BCUT2D eigenvalue weighted by Crippen LogP contribution is -2.52. The van der Waals surface area contributed by atoms with Crippen LogP contribution in [0.3, 0.4) is 0 Å². The predicted molar refractivity (Wildman–Crippen MR) is 79.2 cm³/mol. The minimum atomic E-state index is -2.08. The van der Waals surface area contributed by atoms with E-state index in [1.807, 2.05) is 6.07 Å². The Morgan fingerprint density at radius 3 is 2.78 bits per heavy atom. The van der Waals surface area contributed by atoms with Gasteiger partial charge in [0, 0.05) is 25.6 Å². The van der Waals surface area contributed by atoms with E-state index in [0.29, 0.717) is 11.6 Å². The van der Waals surface area contributed by atoms with E-state index in [-0.39, 0.29) is 25.4 Å². The van der Waals surface area contributed by atoms with E-state index in [9.17, 15) is 14.7 Å². The summed E-state index contributed by atoms with van der Waals surface area (Å²) >= 11 is 0. The maximum atomic E-state index is 12.4. The molecule has 2 heterocycles. The van der Waals surface area contributed by atoms with Crippen LogP contribution >= 0.6 is 0 Å². The zero-order valence-corrected chi connectivity index (χ0v) is 12.5. The Morgan fingerprint density at radius 2 is 2.13 bits per heavy atom. The van der Waals surface area contributed by atoms with Gasteiger partial charge in [-0.05, 0) is 12.1 Å². The first-order valence-electron chi connectivity index (χ1n) is 7.17. The summed E-state index contributed by atoms with van der Waals surface area (Å²) < 4.78 is 5.13. The summed E-state index contributed by atoms with van der Waals surface area (Å²) in [5.74, 6) is -0.815. The summed E-state index contributed by atoms with van der Waals surface area (Å²) in [5.41, 5.74) is -1.43. The third-order valence-electron chi connectivity index (χ3n) is 3.71. The van der Waals surface area contributed by atoms with Crippen molar-refractivity contribution >= 4 is 17.5 Å². The Morgan fingerprint density at radius 1 is 1.39 bits per heavy atom. The molecule has 120 valence electrons. The molecule has 1 saturated heterocycles. The molecule has 0 unspecified atom stereocenters. The van der Waals surface area contributed by atoms with Crippen LogP contribution in [0.5, 0.6) is 0 Å². The zero-order chi connectivity index (χ0) is 16.4. The average molecular weight is 316 g/mol. The molecule has 2 aromatic rings. The Kier molecular flexibility index (Phi) is 3.83. The molecule has 1 aliphatic rings. The van der Waals surface area contributed by atoms with Gasteiger partial charge in [-0.1, -0.05) is 18.2 Å². The number of nitrogens with one attached hydrogen (secondary N) is 1. The van der Waals surface area contributed by atoms with Crippen LogP contribution in [-0.2, 0) is 16.1 Å². The van der Waals surface area contributed by atoms with E-state index in [2.05, 4.69) is 15.5 Å². The number of para-hydroxylation sites is 1. The number of carbonyl (C=O) groups is 2. The van der Waals surface area contributed by atoms with Crippen LogP contribution in [0.4, 0.5) is 5.69 Å². The molecule has 23 heavy (non-hydrogen) atoms. The van der Waals surface area contributed by atoms with Gasteiger partial charge in [0.25, 0.3) is 11.8 Å². The Bertz CT molecular complexity index is 730. The maximum Gasteiger partial charge on any atom is 0.268 e. The average Bonchev–Trinajstić information content (AvgIpc) is 3.11. The van der Waals surface area contributed by atoms with Gasteiger partial charge in [-0.2, -0.15) is 0 Å². The fraction of sp³-hybridized carbons (Fsp3) is 0.333. The molecule has 0 aliphatic carbocycles. The largest absolute Gasteiger partial charge is 0.424 e. The molecule has 1 aliphatic heterocycles. The number of hydrogen-bond donors (Lipinski definition) is 2. The molecular weight excluding hydrogens is 300 g/mol. The number of aryl methyl sites for hydroxylation is 1. The van der Waals surface area contributed by atoms with E-state index in [1.54, 1.807) is 31.2 Å². The van der Waals surface area contributed by atoms with Gasteiger partial charge in [0.2, 0.25) is 17.4 Å². The Labute approximate surface area is 132 Å². The van der Waals surface area contributed by atoms with Crippen molar-refractivity contribution < 1.29 is 19.1 Å². The molecule has 3 rings (SSSR count). The molecule has 8 nitrogen and oxygen atoms in total. The molecule has 0 spiro atoms. The lowest BCUT2D eigenvalue weighted by Gasteiger charge is -2.21. The smallest absolute Gasteiger partial charge is 0.268 e. The van der Waals surface area contributed by atoms with Gasteiger partial charge in [0.05, 0.1) is 6.54 Å². The van der Waals surface area contributed by atoms with Crippen molar-refractivity contribution in [1.29, 1.82) is 0 Å². The van der Waals surface area contributed by atoms with Crippen LogP contribution in [0.25, 0.3) is 0 Å². The second-order valence-corrected chi connectivity index (χ2v) is 5.30. The quantitative estimate of drug-likeness (QED) is 0.778. The van der Waals surface area contributed by atoms with Crippen molar-refractivity contribution in [3.63, 3.8) is 0 Å². The molecule has 1 fully saturated rings. The number of aromatic nitrogens is 2. The van der Waals surface area contributed by atoms with Gasteiger partial charge >= 0.3 is 0 Å². The van der Waals surface area contributed by atoms with Crippen LogP contribution in [0.15, 0.2) is 34.7 Å². The number of carbonyl (C=O) groups excluding carboxylic acids is 2. The number of anilines is 1. The monoisotopic (exact) mass is 316 g/mol. The topological polar surface area (TPSA) is 109 Å². The predicted octanol–water partition coefficient (Wildman–Crippen LogP) is 0.162. The highest BCUT2D eigenvalue weighted by atomic mass is 16.4. The highest BCUT2D eigenvalue weighted by Crippen LogP contribution is 2.28. The number of amides is 2. The zero-order valence-electron chi connectivity index (χ0n) is 12.5. The molecule has 0 radical (unpaired) electrons. The molecule has 8 heteroatoms. The molecule has 2 amide bonds. The lowest BCUT2D eigenvalue weighted by molar-refractivity contribution is -0.149. The van der Waals surface area contributed by atoms with E-state index >= 15 is 0 Å². The maximum absolute atomic E-state index is 12.4. The number of benzene rings is 1. The minimum absolute atomic E-state index is 0.0232. The first-order chi connectivity index (χ1) is 11.0. The second kappa shape index (κ2) is 5.81. The fourth-order valence-electron chi connectivity index (χ4n) is 2.48. The summed E-state index contributed by atoms with van der Waals surface area (Å²) in [7, 11) is 0. The highest BCUT2D eigenvalue weighted by molar-refractivity contribution is 6.16. The molecule has 1 aromatic carbocycles. The summed E-state index contributed by atoms with van der Waals surface area (Å²) in [6, 6.07) is 8.91. The number of nitrogens with zero attached hydrogens (tertiary/aromatic N) is 3. The van der Waals surface area contributed by atoms with Gasteiger partial charge in [-0.3, -0.25) is 9.59 Å². The fourth-order valence-corrected chi connectivity index (χ4v) is 2.48. The minimum Gasteiger partial charge on any atom is -0.424 e. The third kappa shape index (κ3) is 2.80. The lowest BCUT2D eigenvalue weighted by atomic mass is 10.0. The number of rotatable bonds is 4. The summed E-state index contributed by atoms with van der Waals surface area (Å²) in [5, 5.41) is 20.3. The van der Waals surface area contributed by atoms with Crippen LogP contribution in [0, 0.1) is 6.92 Å². The van der Waals surface area contributed by atoms with Crippen LogP contribution in [0.1, 0.15) is 18.2 Å². The van der Waals surface area contributed by atoms with Gasteiger partial charge in [0.15, 0.2) is 0 Å². The number of hydrogen-bond acceptors (Lipinski definition) is 6. The highest BCUT2D eigenvalue weighted by Gasteiger charge is 2.51. The Balaban J connectivity index is 1.69. The second-order valence-electron chi connectivity index (χ2n) is 5.30. The van der Waals surface area contributed by atoms with Crippen molar-refractivity contribution in [1.82, 2.24) is 15.5 Å². The van der Waals surface area contributed by atoms with Gasteiger partial charge in [-0.15, -0.1) is 10.2 Å². The summed E-state index contributed by atoms with van der Waals surface area (Å²) in [6.45, 7) is 1.86. The van der Waals surface area contributed by atoms with Crippen molar-refractivity contribution in [2.75, 3.05) is 11.4 Å². The van der Waals surface area contributed by atoms with Crippen LogP contribution in [0.2, 0.25) is 0 Å². The molecule has 0 bridgehead atoms. The van der Waals surface area contributed by atoms with Crippen LogP contribution < -0.4 is 10.2 Å². The van der Waals surface area contributed by atoms with E-state index in [0.717, 1.165) is 0 Å². The Hall–Kier alpha value is -2.74. The first-order valence-corrected chi connectivity index (χ1v) is 7.17. The van der Waals surface area contributed by atoms with Crippen molar-refractivity contribution in [2.24, 2.45) is 0 Å². The van der Waals surface area contributed by atoms with Gasteiger partial charge < -0.3 is 19.7 Å². The molecule has 2 N–H and O–H groups in total.